The molecule has 0 saturated carbocycles. The van der Waals surface area contributed by atoms with Crippen molar-refractivity contribution >= 4 is 28.1 Å². The van der Waals surface area contributed by atoms with Crippen molar-refractivity contribution in [2.24, 2.45) is 0 Å². The Morgan fingerprint density at radius 1 is 1.14 bits per heavy atom. The molecule has 0 spiro atoms. The van der Waals surface area contributed by atoms with Crippen LogP contribution in [0.5, 0.6) is 17.2 Å². The first-order valence-corrected chi connectivity index (χ1v) is 12.0. The molecular weight excluding hydrogens is 465 g/mol. The van der Waals surface area contributed by atoms with Crippen molar-refractivity contribution in [3.8, 4) is 17.2 Å². The molecule has 1 aromatic heterocycles. The van der Waals surface area contributed by atoms with Crippen LogP contribution in [0.25, 0.3) is 10.8 Å². The second-order valence-corrected chi connectivity index (χ2v) is 9.42. The summed E-state index contributed by atoms with van der Waals surface area (Å²) in [6.45, 7) is 10.4. The minimum absolute atomic E-state index is 0.00667. The zero-order valence-electron chi connectivity index (χ0n) is 21.8. The smallest absolute Gasteiger partial charge is 0.197 e. The zero-order valence-corrected chi connectivity index (χ0v) is 21.8. The summed E-state index contributed by atoms with van der Waals surface area (Å²) in [5.74, 6) is 0.217. The van der Waals surface area contributed by atoms with Gasteiger partial charge in [-0.1, -0.05) is 20.8 Å². The molecule has 3 rings (SSSR count). The molecule has 0 bridgehead atoms. The van der Waals surface area contributed by atoms with Crippen molar-refractivity contribution in [3.05, 3.63) is 41.3 Å². The molecule has 0 saturated heterocycles. The van der Waals surface area contributed by atoms with Crippen molar-refractivity contribution in [2.75, 3.05) is 44.5 Å². The van der Waals surface area contributed by atoms with Gasteiger partial charge >= 0.3 is 0 Å². The number of halogens is 1. The van der Waals surface area contributed by atoms with Gasteiger partial charge in [-0.25, -0.2) is 4.39 Å². The number of methoxy groups -OCH3 is 1. The summed E-state index contributed by atoms with van der Waals surface area (Å²) in [5.41, 5.74) is 7.90. The first-order chi connectivity index (χ1) is 17.1. The summed E-state index contributed by atoms with van der Waals surface area (Å²) < 4.78 is 33.6. The number of aliphatic hydroxyl groups is 1. The van der Waals surface area contributed by atoms with Gasteiger partial charge < -0.3 is 34.9 Å². The molecule has 0 unspecified atom stereocenters. The number of hydrogen-bond acceptors (Lipinski definition) is 7. The number of carbonyl (C=O) groups excluding carboxylic acids is 1. The van der Waals surface area contributed by atoms with Crippen LogP contribution >= 0.6 is 0 Å². The van der Waals surface area contributed by atoms with Gasteiger partial charge in [-0.15, -0.1) is 0 Å². The van der Waals surface area contributed by atoms with Gasteiger partial charge in [0.1, 0.15) is 11.6 Å². The molecule has 0 radical (unpaired) electrons. The lowest BCUT2D eigenvalue weighted by molar-refractivity contribution is 0.0973. The summed E-state index contributed by atoms with van der Waals surface area (Å²) in [4.78, 5) is 13.4. The topological polar surface area (TPSA) is 108 Å². The van der Waals surface area contributed by atoms with Crippen molar-refractivity contribution in [2.45, 2.75) is 46.6 Å². The average Bonchev–Trinajstić information content (AvgIpc) is 3.13. The Bertz CT molecular complexity index is 1250. The molecule has 196 valence electrons. The number of aromatic nitrogens is 1. The number of anilines is 2. The van der Waals surface area contributed by atoms with Gasteiger partial charge in [0, 0.05) is 29.3 Å². The number of nitrogens with zero attached hydrogens (tertiary/aromatic N) is 1. The number of benzene rings is 2. The molecule has 0 aliphatic carbocycles. The number of hydrogen-bond donors (Lipinski definition) is 3. The molecule has 9 heteroatoms. The predicted molar refractivity (Wildman–Crippen MR) is 140 cm³/mol. The van der Waals surface area contributed by atoms with Gasteiger partial charge in [-0.3, -0.25) is 4.79 Å². The molecule has 8 nitrogen and oxygen atoms in total. The van der Waals surface area contributed by atoms with Crippen LogP contribution in [0.3, 0.4) is 0 Å². The van der Waals surface area contributed by atoms with E-state index in [1.807, 2.05) is 26.8 Å². The number of ether oxygens (including phenoxy) is 3. The van der Waals surface area contributed by atoms with Crippen LogP contribution < -0.4 is 25.3 Å². The van der Waals surface area contributed by atoms with Gasteiger partial charge in [0.25, 0.3) is 0 Å². The minimum Gasteiger partial charge on any atom is -0.494 e. The second-order valence-electron chi connectivity index (χ2n) is 9.42. The average molecular weight is 502 g/mol. The first-order valence-electron chi connectivity index (χ1n) is 12.0. The van der Waals surface area contributed by atoms with E-state index in [0.717, 1.165) is 5.56 Å². The highest BCUT2D eigenvalue weighted by Gasteiger charge is 2.25. The molecule has 0 fully saturated rings. The summed E-state index contributed by atoms with van der Waals surface area (Å²) in [5, 5.41) is 13.1. The Balaban J connectivity index is 2.07. The molecule has 36 heavy (non-hydrogen) atoms. The van der Waals surface area contributed by atoms with E-state index in [9.17, 15) is 9.90 Å². The maximum atomic E-state index is 15.4. The standard InChI is InChI=1S/C27H36FN3O5/c1-7-35-21-13-17-14-31(26(29)22(17)23(28)25(21)36-8-2)15-20(33)16-11-18(27(3,4)5)24(34-6)19(12-16)30-9-10-32/h11-14,30,32H,7-10,15,29H2,1-6H3. The highest BCUT2D eigenvalue weighted by atomic mass is 19.1. The minimum atomic E-state index is -0.614. The van der Waals surface area contributed by atoms with Gasteiger partial charge in [0.2, 0.25) is 0 Å². The number of rotatable bonds is 11. The van der Waals surface area contributed by atoms with Gasteiger partial charge in [0.05, 0.1) is 44.5 Å². The van der Waals surface area contributed by atoms with Gasteiger partial charge in [0.15, 0.2) is 23.1 Å². The molecule has 4 N–H and O–H groups in total. The van der Waals surface area contributed by atoms with Crippen molar-refractivity contribution in [3.63, 3.8) is 0 Å². The molecule has 0 aliphatic heterocycles. The second kappa shape index (κ2) is 11.1. The fourth-order valence-corrected chi connectivity index (χ4v) is 4.18. The van der Waals surface area contributed by atoms with Crippen molar-refractivity contribution in [1.82, 2.24) is 4.57 Å². The first kappa shape index (κ1) is 27.1. The van der Waals surface area contributed by atoms with Crippen molar-refractivity contribution in [1.29, 1.82) is 0 Å². The van der Waals surface area contributed by atoms with E-state index < -0.39 is 5.82 Å². The molecule has 3 aromatic rings. The molecule has 0 amide bonds. The van der Waals surface area contributed by atoms with Crippen LogP contribution in [-0.2, 0) is 12.0 Å². The molecule has 0 atom stereocenters. The summed E-state index contributed by atoms with van der Waals surface area (Å²) in [7, 11) is 1.57. The summed E-state index contributed by atoms with van der Waals surface area (Å²) in [6, 6.07) is 5.18. The van der Waals surface area contributed by atoms with E-state index in [1.165, 1.54) is 4.57 Å². The number of ketones is 1. The van der Waals surface area contributed by atoms with Crippen LogP contribution in [0, 0.1) is 5.82 Å². The number of fused-ring (bicyclic) bond motifs is 1. The number of aliphatic hydroxyl groups excluding tert-OH is 1. The third-order valence-corrected chi connectivity index (χ3v) is 5.83. The van der Waals surface area contributed by atoms with E-state index >= 15 is 4.39 Å². The predicted octanol–water partition coefficient (Wildman–Crippen LogP) is 4.75. The largest absolute Gasteiger partial charge is 0.494 e. The molecular formula is C27H36FN3O5. The van der Waals surface area contributed by atoms with E-state index in [2.05, 4.69) is 5.32 Å². The molecule has 0 aliphatic rings. The van der Waals surface area contributed by atoms with Crippen LogP contribution in [0.15, 0.2) is 24.4 Å². The number of nitrogens with two attached hydrogens (primary N) is 1. The Morgan fingerprint density at radius 3 is 2.42 bits per heavy atom. The number of Topliss-reactive ketones (excluding diaryl/α,β-unsaturated/α-hetero) is 1. The Hall–Kier alpha value is -3.46. The maximum absolute atomic E-state index is 15.4. The van der Waals surface area contributed by atoms with E-state index in [4.69, 9.17) is 19.9 Å². The Morgan fingerprint density at radius 2 is 1.83 bits per heavy atom. The normalized spacial score (nSPS) is 11.6. The monoisotopic (exact) mass is 501 g/mol. The van der Waals surface area contributed by atoms with E-state index in [1.54, 1.807) is 39.3 Å². The quantitative estimate of drug-likeness (QED) is 0.325. The Labute approximate surface area is 211 Å². The third kappa shape index (κ3) is 5.36. The van der Waals surface area contributed by atoms with Crippen molar-refractivity contribution < 1.29 is 28.5 Å². The summed E-state index contributed by atoms with van der Waals surface area (Å²) in [6.07, 6.45) is 1.64. The number of nitrogens with one attached hydrogen (secondary N) is 1. The summed E-state index contributed by atoms with van der Waals surface area (Å²) >= 11 is 0. The van der Waals surface area contributed by atoms with Crippen LogP contribution in [0.4, 0.5) is 15.9 Å². The Kier molecular flexibility index (Phi) is 8.35. The van der Waals surface area contributed by atoms with Crippen LogP contribution in [-0.4, -0.2) is 48.9 Å². The van der Waals surface area contributed by atoms with Crippen LogP contribution in [0.1, 0.15) is 50.5 Å². The highest BCUT2D eigenvalue weighted by Crippen LogP contribution is 2.41. The number of carbonyl (C=O) groups is 1. The fraction of sp³-hybridized carbons (Fsp3) is 0.444. The highest BCUT2D eigenvalue weighted by molar-refractivity contribution is 6.00. The van der Waals surface area contributed by atoms with Gasteiger partial charge in [-0.05, 0) is 37.5 Å². The lowest BCUT2D eigenvalue weighted by atomic mass is 9.84. The molecule has 1 heterocycles. The zero-order chi connectivity index (χ0) is 26.6. The lowest BCUT2D eigenvalue weighted by Crippen LogP contribution is -2.18. The molecule has 2 aromatic carbocycles. The lowest BCUT2D eigenvalue weighted by Gasteiger charge is -2.25. The van der Waals surface area contributed by atoms with Crippen LogP contribution in [0.2, 0.25) is 0 Å². The maximum Gasteiger partial charge on any atom is 0.197 e. The van der Waals surface area contributed by atoms with E-state index in [0.29, 0.717) is 35.5 Å². The van der Waals surface area contributed by atoms with E-state index in [-0.39, 0.29) is 53.7 Å². The number of nitrogen functional groups attached to an aromatic ring is 1. The fourth-order valence-electron chi connectivity index (χ4n) is 4.18. The third-order valence-electron chi connectivity index (χ3n) is 5.83. The van der Waals surface area contributed by atoms with Gasteiger partial charge in [-0.2, -0.15) is 0 Å². The SMILES string of the molecule is CCOc1cc2cn(CC(=O)c3cc(NCCO)c(OC)c(C(C)(C)C)c3)c(N)c2c(F)c1OCC.